The first-order valence-electron chi connectivity index (χ1n) is 6.15. The van der Waals surface area contributed by atoms with Gasteiger partial charge >= 0.3 is 0 Å². The average molecular weight is 190 g/mol. The van der Waals surface area contributed by atoms with Crippen LogP contribution in [0.2, 0.25) is 0 Å². The highest BCUT2D eigenvalue weighted by Gasteiger charge is 2.65. The van der Waals surface area contributed by atoms with Gasteiger partial charge in [-0.05, 0) is 61.2 Å². The Labute approximate surface area is 85.5 Å². The third kappa shape index (κ3) is 0.780. The minimum absolute atomic E-state index is 0.540. The highest BCUT2D eigenvalue weighted by Crippen LogP contribution is 2.70. The summed E-state index contributed by atoms with van der Waals surface area (Å²) in [7, 11) is 0. The number of rotatable bonds is 2. The molecule has 0 heterocycles. The van der Waals surface area contributed by atoms with Gasteiger partial charge in [0, 0.05) is 0 Å². The SMILES string of the molecule is C=COC1CC2CC1C1C3CC3CC21. The van der Waals surface area contributed by atoms with Crippen molar-refractivity contribution in [2.75, 3.05) is 0 Å². The van der Waals surface area contributed by atoms with Gasteiger partial charge in [-0.15, -0.1) is 0 Å². The maximum Gasteiger partial charge on any atom is 0.101 e. The molecule has 0 radical (unpaired) electrons. The molecule has 0 N–H and O–H groups in total. The summed E-state index contributed by atoms with van der Waals surface area (Å²) in [5, 5.41) is 0. The van der Waals surface area contributed by atoms with Crippen molar-refractivity contribution in [2.45, 2.75) is 31.8 Å². The van der Waals surface area contributed by atoms with Crippen molar-refractivity contribution in [1.82, 2.24) is 0 Å². The fourth-order valence-corrected chi connectivity index (χ4v) is 5.08. The Morgan fingerprint density at radius 3 is 2.29 bits per heavy atom. The Kier molecular flexibility index (Phi) is 1.32. The molecule has 0 aromatic rings. The molecule has 2 bridgehead atoms. The molecule has 76 valence electrons. The number of hydrogen-bond acceptors (Lipinski definition) is 1. The normalized spacial score (nSPS) is 62.1. The molecular weight excluding hydrogens is 172 g/mol. The topological polar surface area (TPSA) is 9.23 Å². The lowest BCUT2D eigenvalue weighted by atomic mass is 9.77. The lowest BCUT2D eigenvalue weighted by Gasteiger charge is -2.32. The molecule has 0 amide bonds. The van der Waals surface area contributed by atoms with Crippen molar-refractivity contribution >= 4 is 0 Å². The van der Waals surface area contributed by atoms with Crippen LogP contribution in [0.3, 0.4) is 0 Å². The van der Waals surface area contributed by atoms with Crippen LogP contribution in [0.15, 0.2) is 12.8 Å². The highest BCUT2D eigenvalue weighted by molar-refractivity contribution is 5.13. The molecule has 0 aliphatic heterocycles. The van der Waals surface area contributed by atoms with E-state index in [1.54, 1.807) is 19.1 Å². The van der Waals surface area contributed by atoms with Gasteiger partial charge in [0.15, 0.2) is 0 Å². The van der Waals surface area contributed by atoms with Crippen molar-refractivity contribution in [3.05, 3.63) is 12.8 Å². The summed E-state index contributed by atoms with van der Waals surface area (Å²) in [5.74, 6) is 6.34. The minimum atomic E-state index is 0.540. The van der Waals surface area contributed by atoms with E-state index in [0.29, 0.717) is 6.10 Å². The summed E-state index contributed by atoms with van der Waals surface area (Å²) in [5.41, 5.74) is 0. The second kappa shape index (κ2) is 2.37. The fourth-order valence-electron chi connectivity index (χ4n) is 5.08. The van der Waals surface area contributed by atoms with E-state index in [0.717, 1.165) is 35.5 Å². The molecule has 14 heavy (non-hydrogen) atoms. The quantitative estimate of drug-likeness (QED) is 0.608. The van der Waals surface area contributed by atoms with Gasteiger partial charge in [-0.3, -0.25) is 0 Å². The molecule has 4 saturated carbocycles. The maximum atomic E-state index is 5.68. The first-order valence-corrected chi connectivity index (χ1v) is 6.15. The van der Waals surface area contributed by atoms with Crippen LogP contribution in [0.5, 0.6) is 0 Å². The Morgan fingerprint density at radius 2 is 1.57 bits per heavy atom. The van der Waals surface area contributed by atoms with Crippen molar-refractivity contribution in [3.8, 4) is 0 Å². The zero-order valence-corrected chi connectivity index (χ0v) is 8.56. The van der Waals surface area contributed by atoms with Crippen molar-refractivity contribution < 1.29 is 4.74 Å². The van der Waals surface area contributed by atoms with Crippen molar-refractivity contribution in [2.24, 2.45) is 35.5 Å². The Balaban J connectivity index is 1.61. The van der Waals surface area contributed by atoms with E-state index in [4.69, 9.17) is 4.74 Å². The second-order valence-corrected chi connectivity index (χ2v) is 5.87. The summed E-state index contributed by atoms with van der Waals surface area (Å²) < 4.78 is 5.68. The Hall–Kier alpha value is -0.460. The Bertz CT molecular complexity index is 285. The number of hydrogen-bond donors (Lipinski definition) is 0. The smallest absolute Gasteiger partial charge is 0.101 e. The van der Waals surface area contributed by atoms with Crippen LogP contribution < -0.4 is 0 Å². The van der Waals surface area contributed by atoms with Gasteiger partial charge in [-0.2, -0.15) is 0 Å². The van der Waals surface area contributed by atoms with Crippen LogP contribution in [0.1, 0.15) is 25.7 Å². The van der Waals surface area contributed by atoms with Crippen LogP contribution in [0.25, 0.3) is 0 Å². The van der Waals surface area contributed by atoms with Crippen LogP contribution >= 0.6 is 0 Å². The second-order valence-electron chi connectivity index (χ2n) is 5.87. The fraction of sp³-hybridized carbons (Fsp3) is 0.846. The lowest BCUT2D eigenvalue weighted by Crippen LogP contribution is -2.31. The molecule has 4 rings (SSSR count). The lowest BCUT2D eigenvalue weighted by molar-refractivity contribution is 0.0405. The number of ether oxygens (including phenoxy) is 1. The summed E-state index contributed by atoms with van der Waals surface area (Å²) in [6.07, 6.45) is 8.12. The molecule has 4 aliphatic carbocycles. The van der Waals surface area contributed by atoms with E-state index < -0.39 is 0 Å². The summed E-state index contributed by atoms with van der Waals surface area (Å²) in [4.78, 5) is 0. The predicted molar refractivity (Wildman–Crippen MR) is 54.5 cm³/mol. The zero-order valence-electron chi connectivity index (χ0n) is 8.56. The first kappa shape index (κ1) is 7.78. The molecule has 7 unspecified atom stereocenters. The predicted octanol–water partition coefficient (Wildman–Crippen LogP) is 2.83. The van der Waals surface area contributed by atoms with Gasteiger partial charge in [0.2, 0.25) is 0 Å². The molecule has 4 aliphatic rings. The summed E-state index contributed by atoms with van der Waals surface area (Å²) >= 11 is 0. The van der Waals surface area contributed by atoms with Crippen LogP contribution in [0.4, 0.5) is 0 Å². The zero-order chi connectivity index (χ0) is 9.28. The van der Waals surface area contributed by atoms with Gasteiger partial charge < -0.3 is 4.74 Å². The molecular formula is C13H18O. The van der Waals surface area contributed by atoms with Crippen molar-refractivity contribution in [3.63, 3.8) is 0 Å². The molecule has 1 nitrogen and oxygen atoms in total. The van der Waals surface area contributed by atoms with E-state index >= 15 is 0 Å². The van der Waals surface area contributed by atoms with Gasteiger partial charge in [-0.25, -0.2) is 0 Å². The largest absolute Gasteiger partial charge is 0.498 e. The van der Waals surface area contributed by atoms with Crippen LogP contribution in [-0.2, 0) is 4.74 Å². The maximum absolute atomic E-state index is 5.68. The highest BCUT2D eigenvalue weighted by atomic mass is 16.5. The molecule has 0 saturated heterocycles. The molecule has 0 spiro atoms. The molecule has 4 fully saturated rings. The van der Waals surface area contributed by atoms with Gasteiger partial charge in [-0.1, -0.05) is 6.58 Å². The van der Waals surface area contributed by atoms with Crippen molar-refractivity contribution in [1.29, 1.82) is 0 Å². The Morgan fingerprint density at radius 1 is 0.929 bits per heavy atom. The third-order valence-corrected chi connectivity index (χ3v) is 5.50. The standard InChI is InChI=1S/C13H18O/c1-2-14-12-6-8-5-11(12)13-9-3-7(9)4-10(8)13/h2,7-13H,1,3-6H2. The molecule has 0 aromatic heterocycles. The average Bonchev–Trinajstić information content (AvgIpc) is 2.61. The van der Waals surface area contributed by atoms with E-state index in [1.807, 2.05) is 0 Å². The molecule has 7 atom stereocenters. The van der Waals surface area contributed by atoms with Gasteiger partial charge in [0.05, 0.1) is 6.26 Å². The summed E-state index contributed by atoms with van der Waals surface area (Å²) in [6.45, 7) is 3.70. The van der Waals surface area contributed by atoms with Crippen LogP contribution in [0, 0.1) is 35.5 Å². The minimum Gasteiger partial charge on any atom is -0.498 e. The molecule has 0 aromatic carbocycles. The molecule has 1 heteroatoms. The third-order valence-electron chi connectivity index (χ3n) is 5.50. The van der Waals surface area contributed by atoms with E-state index in [-0.39, 0.29) is 0 Å². The van der Waals surface area contributed by atoms with E-state index in [9.17, 15) is 0 Å². The van der Waals surface area contributed by atoms with Crippen LogP contribution in [-0.4, -0.2) is 6.10 Å². The number of fused-ring (bicyclic) bond motifs is 7. The first-order chi connectivity index (χ1) is 6.88. The van der Waals surface area contributed by atoms with E-state index in [1.165, 1.54) is 12.8 Å². The van der Waals surface area contributed by atoms with Gasteiger partial charge in [0.1, 0.15) is 6.10 Å². The summed E-state index contributed by atoms with van der Waals surface area (Å²) in [6, 6.07) is 0. The van der Waals surface area contributed by atoms with Gasteiger partial charge in [0.25, 0.3) is 0 Å². The monoisotopic (exact) mass is 190 g/mol. The van der Waals surface area contributed by atoms with E-state index in [2.05, 4.69) is 6.58 Å².